The molecule has 12 atom stereocenters. The Kier molecular flexibility index (Phi) is 30.9. The van der Waals surface area contributed by atoms with Crippen molar-refractivity contribution in [3.05, 3.63) is 48.6 Å². The van der Waals surface area contributed by atoms with Crippen molar-refractivity contribution in [3.8, 4) is 0 Å². The van der Waals surface area contributed by atoms with E-state index in [2.05, 4.69) is 76.3 Å². The molecule has 8 rings (SSSR count). The topological polar surface area (TPSA) is 73.8 Å². The lowest BCUT2D eigenvalue weighted by atomic mass is 10.1. The molecule has 0 saturated heterocycles. The minimum Gasteiger partial charge on any atom is -0.381 e. The fraction of sp³-hybridized carbons (Fsp3) is 0.867. The number of ether oxygens (including phenoxy) is 8. The van der Waals surface area contributed by atoms with Gasteiger partial charge in [-0.15, -0.1) is 0 Å². The van der Waals surface area contributed by atoms with Crippen LogP contribution in [-0.2, 0) is 37.9 Å². The minimum atomic E-state index is 0.684. The molecule has 0 heterocycles. The standard InChI is InChI=1S/2C17H30O3.2C13H22O/c2*1-2-9-18-10-11-19-12-13-20-14-17-15-7-5-3-4-6-8-16(15)17;2*1-2-9-14-10-13-11-7-5-3-4-6-8-12(11)13/h2*3-4,15-17H,2,5-14H2,1H3;2*3-4,11-13H,2,5-10H2,1H3/b4*4-3+/t2*15-,16+,17?;2*11-,12+,13?. The molecule has 0 aromatic carbocycles. The predicted molar refractivity (Wildman–Crippen MR) is 280 cm³/mol. The summed E-state index contributed by atoms with van der Waals surface area (Å²) < 4.78 is 44.5. The third-order valence-electron chi connectivity index (χ3n) is 16.2. The number of hydrogen-bond donors (Lipinski definition) is 0. The van der Waals surface area contributed by atoms with Gasteiger partial charge in [0.1, 0.15) is 0 Å². The van der Waals surface area contributed by atoms with Gasteiger partial charge in [-0.05, 0) is 199 Å². The van der Waals surface area contributed by atoms with E-state index in [0.29, 0.717) is 39.6 Å². The summed E-state index contributed by atoms with van der Waals surface area (Å²) in [6.07, 6.45) is 44.6. The first-order valence-electron chi connectivity index (χ1n) is 28.9. The highest BCUT2D eigenvalue weighted by molar-refractivity contribution is 5.04. The van der Waals surface area contributed by atoms with Gasteiger partial charge in [-0.1, -0.05) is 76.3 Å². The highest BCUT2D eigenvalue weighted by Gasteiger charge is 2.50. The molecule has 0 aliphatic heterocycles. The smallest absolute Gasteiger partial charge is 0.0701 e. The SMILES string of the molecule is CCCOCC1[C@H]2CC/C=C/CC[C@@H]12.CCCOCC1[C@H]2CC/C=C/CC[C@@H]12.CCCOCCOCCOCC1[C@H]2CC/C=C/CC[C@@H]12.CCCOCCOCCOCC1[C@H]2CC/C=C/CC[C@@H]12. The fourth-order valence-electron chi connectivity index (χ4n) is 12.1. The Hall–Kier alpha value is -1.36. The van der Waals surface area contributed by atoms with Gasteiger partial charge in [0, 0.05) is 39.6 Å². The molecule has 68 heavy (non-hydrogen) atoms. The van der Waals surface area contributed by atoms with Gasteiger partial charge in [-0.25, -0.2) is 0 Å². The molecule has 0 radical (unpaired) electrons. The molecule has 0 amide bonds. The van der Waals surface area contributed by atoms with Gasteiger partial charge >= 0.3 is 0 Å². The third kappa shape index (κ3) is 23.0. The molecule has 8 aliphatic carbocycles. The van der Waals surface area contributed by atoms with Crippen molar-refractivity contribution in [2.45, 2.75) is 156 Å². The van der Waals surface area contributed by atoms with Gasteiger partial charge in [0.2, 0.25) is 0 Å². The maximum atomic E-state index is 5.77. The van der Waals surface area contributed by atoms with Crippen molar-refractivity contribution in [1.82, 2.24) is 0 Å². The van der Waals surface area contributed by atoms with E-state index in [1.54, 1.807) is 0 Å². The van der Waals surface area contributed by atoms with Crippen LogP contribution in [0.1, 0.15) is 156 Å². The van der Waals surface area contributed by atoms with E-state index in [1.807, 2.05) is 0 Å². The summed E-state index contributed by atoms with van der Waals surface area (Å²) in [4.78, 5) is 0. The Morgan fingerprint density at radius 1 is 0.235 bits per heavy atom. The van der Waals surface area contributed by atoms with E-state index in [0.717, 1.165) is 163 Å². The zero-order chi connectivity index (χ0) is 47.7. The van der Waals surface area contributed by atoms with E-state index in [1.165, 1.54) is 103 Å². The van der Waals surface area contributed by atoms with Crippen LogP contribution in [-0.4, -0.2) is 106 Å². The van der Waals surface area contributed by atoms with Gasteiger partial charge in [0.25, 0.3) is 0 Å². The van der Waals surface area contributed by atoms with E-state index >= 15 is 0 Å². The highest BCUT2D eigenvalue weighted by atomic mass is 16.5. The second-order valence-electron chi connectivity index (χ2n) is 21.2. The van der Waals surface area contributed by atoms with Gasteiger partial charge < -0.3 is 37.9 Å². The van der Waals surface area contributed by atoms with Gasteiger partial charge in [0.05, 0.1) is 66.1 Å². The zero-order valence-corrected chi connectivity index (χ0v) is 44.3. The molecule has 8 heteroatoms. The molecule has 4 unspecified atom stereocenters. The van der Waals surface area contributed by atoms with Crippen LogP contribution in [0.5, 0.6) is 0 Å². The first kappa shape index (κ1) is 57.5. The summed E-state index contributed by atoms with van der Waals surface area (Å²) in [6.45, 7) is 21.7. The van der Waals surface area contributed by atoms with E-state index in [4.69, 9.17) is 37.9 Å². The summed E-state index contributed by atoms with van der Waals surface area (Å²) in [5.74, 6) is 11.2. The average molecular weight is 953 g/mol. The Bertz CT molecular complexity index is 1180. The molecular formula is C60H104O8. The third-order valence-corrected chi connectivity index (χ3v) is 16.2. The van der Waals surface area contributed by atoms with Crippen LogP contribution in [0.2, 0.25) is 0 Å². The van der Waals surface area contributed by atoms with Crippen LogP contribution in [0.3, 0.4) is 0 Å². The predicted octanol–water partition coefficient (Wildman–Crippen LogP) is 13.7. The highest BCUT2D eigenvalue weighted by Crippen LogP contribution is 2.55. The van der Waals surface area contributed by atoms with Crippen LogP contribution in [0.15, 0.2) is 48.6 Å². The Morgan fingerprint density at radius 3 is 0.603 bits per heavy atom. The summed E-state index contributed by atoms with van der Waals surface area (Å²) in [5, 5.41) is 0. The second-order valence-corrected chi connectivity index (χ2v) is 21.2. The summed E-state index contributed by atoms with van der Waals surface area (Å²) in [7, 11) is 0. The summed E-state index contributed by atoms with van der Waals surface area (Å²) >= 11 is 0. The van der Waals surface area contributed by atoms with Gasteiger partial charge in [0.15, 0.2) is 0 Å². The van der Waals surface area contributed by atoms with Crippen LogP contribution in [0, 0.1) is 71.0 Å². The normalized spacial score (nSPS) is 33.6. The molecule has 0 N–H and O–H groups in total. The molecule has 0 bridgehead atoms. The molecule has 0 aromatic heterocycles. The maximum Gasteiger partial charge on any atom is 0.0701 e. The van der Waals surface area contributed by atoms with Crippen molar-refractivity contribution in [2.24, 2.45) is 71.0 Å². The number of hydrogen-bond acceptors (Lipinski definition) is 8. The van der Waals surface area contributed by atoms with E-state index in [9.17, 15) is 0 Å². The Balaban J connectivity index is 0.000000172. The molecule has 0 aromatic rings. The quantitative estimate of drug-likeness (QED) is 0.0567. The molecule has 392 valence electrons. The van der Waals surface area contributed by atoms with Crippen molar-refractivity contribution in [3.63, 3.8) is 0 Å². The number of allylic oxidation sites excluding steroid dienone is 8. The van der Waals surface area contributed by atoms with Crippen LogP contribution < -0.4 is 0 Å². The van der Waals surface area contributed by atoms with E-state index < -0.39 is 0 Å². The van der Waals surface area contributed by atoms with Crippen LogP contribution >= 0.6 is 0 Å². The second kappa shape index (κ2) is 36.5. The lowest BCUT2D eigenvalue weighted by Crippen LogP contribution is -2.11. The molecule has 8 nitrogen and oxygen atoms in total. The Labute approximate surface area is 417 Å². The van der Waals surface area contributed by atoms with Crippen molar-refractivity contribution < 1.29 is 37.9 Å². The lowest BCUT2D eigenvalue weighted by molar-refractivity contribution is 0.0114. The van der Waals surface area contributed by atoms with Crippen molar-refractivity contribution in [2.75, 3.05) is 106 Å². The largest absolute Gasteiger partial charge is 0.381 e. The van der Waals surface area contributed by atoms with Crippen LogP contribution in [0.4, 0.5) is 0 Å². The monoisotopic (exact) mass is 953 g/mol. The lowest BCUT2D eigenvalue weighted by Gasteiger charge is -2.06. The zero-order valence-electron chi connectivity index (χ0n) is 44.3. The molecule has 8 aliphatic rings. The van der Waals surface area contributed by atoms with Crippen molar-refractivity contribution >= 4 is 0 Å². The Morgan fingerprint density at radius 2 is 0.397 bits per heavy atom. The van der Waals surface area contributed by atoms with Crippen LogP contribution in [0.25, 0.3) is 0 Å². The number of fused-ring (bicyclic) bond motifs is 4. The first-order chi connectivity index (χ1) is 33.7. The van der Waals surface area contributed by atoms with Gasteiger partial charge in [-0.3, -0.25) is 0 Å². The maximum absolute atomic E-state index is 5.77. The number of rotatable bonds is 28. The van der Waals surface area contributed by atoms with Crippen molar-refractivity contribution in [1.29, 1.82) is 0 Å². The molecular weight excluding hydrogens is 849 g/mol. The average Bonchev–Trinajstić information content (AvgIpc) is 4.28. The molecule has 4 saturated carbocycles. The van der Waals surface area contributed by atoms with Gasteiger partial charge in [-0.2, -0.15) is 0 Å². The fourth-order valence-corrected chi connectivity index (χ4v) is 12.1. The summed E-state index contributed by atoms with van der Waals surface area (Å²) in [6, 6.07) is 0. The molecule has 4 fully saturated rings. The summed E-state index contributed by atoms with van der Waals surface area (Å²) in [5.41, 5.74) is 0. The molecule has 0 spiro atoms. The minimum absolute atomic E-state index is 0.684. The first-order valence-corrected chi connectivity index (χ1v) is 28.9. The van der Waals surface area contributed by atoms with E-state index in [-0.39, 0.29) is 0 Å².